The van der Waals surface area contributed by atoms with Gasteiger partial charge in [-0.15, -0.1) is 22.9 Å². The standard InChI is InChI=1S/C11H13BrClNOS/c1-14(6-7-4-8(13)5-7)11(15)9-2-3-10(12)16-9/h2-3,7-8H,4-6H2,1H3. The topological polar surface area (TPSA) is 20.3 Å². The minimum atomic E-state index is 0.105. The third kappa shape index (κ3) is 2.79. The molecule has 1 saturated carbocycles. The van der Waals surface area contributed by atoms with Gasteiger partial charge >= 0.3 is 0 Å². The second-order valence-corrected chi connectivity index (χ2v) is 7.30. The Kier molecular flexibility index (Phi) is 3.93. The van der Waals surface area contributed by atoms with Crippen LogP contribution >= 0.6 is 38.9 Å². The smallest absolute Gasteiger partial charge is 0.263 e. The highest BCUT2D eigenvalue weighted by molar-refractivity contribution is 9.11. The predicted octanol–water partition coefficient (Wildman–Crippen LogP) is 3.60. The van der Waals surface area contributed by atoms with E-state index >= 15 is 0 Å². The molecule has 0 atom stereocenters. The predicted molar refractivity (Wildman–Crippen MR) is 71.3 cm³/mol. The van der Waals surface area contributed by atoms with E-state index in [0.717, 1.165) is 28.0 Å². The summed E-state index contributed by atoms with van der Waals surface area (Å²) in [7, 11) is 1.86. The summed E-state index contributed by atoms with van der Waals surface area (Å²) in [5.41, 5.74) is 0. The van der Waals surface area contributed by atoms with Gasteiger partial charge in [-0.05, 0) is 46.8 Å². The largest absolute Gasteiger partial charge is 0.341 e. The number of amides is 1. The summed E-state index contributed by atoms with van der Waals surface area (Å²) in [5.74, 6) is 0.688. The lowest BCUT2D eigenvalue weighted by Gasteiger charge is -2.33. The first-order valence-electron chi connectivity index (χ1n) is 5.21. The van der Waals surface area contributed by atoms with E-state index in [0.29, 0.717) is 11.3 Å². The van der Waals surface area contributed by atoms with Crippen molar-refractivity contribution in [2.45, 2.75) is 18.2 Å². The summed E-state index contributed by atoms with van der Waals surface area (Å²) in [5, 5.41) is 0.324. The minimum Gasteiger partial charge on any atom is -0.341 e. The molecule has 1 aromatic rings. The lowest BCUT2D eigenvalue weighted by Crippen LogP contribution is -2.37. The van der Waals surface area contributed by atoms with Crippen LogP contribution in [0.3, 0.4) is 0 Å². The lowest BCUT2D eigenvalue weighted by atomic mass is 9.84. The highest BCUT2D eigenvalue weighted by atomic mass is 79.9. The monoisotopic (exact) mass is 321 g/mol. The van der Waals surface area contributed by atoms with Crippen molar-refractivity contribution < 1.29 is 4.79 Å². The molecule has 0 spiro atoms. The van der Waals surface area contributed by atoms with Crippen molar-refractivity contribution in [3.63, 3.8) is 0 Å². The van der Waals surface area contributed by atoms with Crippen LogP contribution in [0.1, 0.15) is 22.5 Å². The summed E-state index contributed by atoms with van der Waals surface area (Å²) in [6.07, 6.45) is 2.07. The van der Waals surface area contributed by atoms with Gasteiger partial charge in [-0.1, -0.05) is 0 Å². The Morgan fingerprint density at radius 1 is 1.62 bits per heavy atom. The van der Waals surface area contributed by atoms with E-state index in [9.17, 15) is 4.79 Å². The quantitative estimate of drug-likeness (QED) is 0.779. The Balaban J connectivity index is 1.89. The fourth-order valence-electron chi connectivity index (χ4n) is 1.89. The molecule has 1 aliphatic carbocycles. The van der Waals surface area contributed by atoms with Gasteiger partial charge in [0.1, 0.15) is 0 Å². The molecule has 1 amide bonds. The van der Waals surface area contributed by atoms with Crippen LogP contribution in [0.15, 0.2) is 15.9 Å². The molecule has 0 radical (unpaired) electrons. The van der Waals surface area contributed by atoms with Crippen LogP contribution in [0.5, 0.6) is 0 Å². The van der Waals surface area contributed by atoms with Gasteiger partial charge in [-0.25, -0.2) is 0 Å². The minimum absolute atomic E-state index is 0.105. The molecule has 0 saturated heterocycles. The Labute approximate surface area is 113 Å². The van der Waals surface area contributed by atoms with E-state index in [4.69, 9.17) is 11.6 Å². The molecule has 1 heterocycles. The molecule has 0 aromatic carbocycles. The zero-order valence-corrected chi connectivity index (χ0v) is 12.1. The number of nitrogens with zero attached hydrogens (tertiary/aromatic N) is 1. The van der Waals surface area contributed by atoms with E-state index in [1.165, 1.54) is 11.3 Å². The van der Waals surface area contributed by atoms with E-state index in [-0.39, 0.29) is 5.91 Å². The molecule has 0 N–H and O–H groups in total. The van der Waals surface area contributed by atoms with Crippen LogP contribution in [0.25, 0.3) is 0 Å². The number of halogens is 2. The summed E-state index contributed by atoms with van der Waals surface area (Å²) in [6, 6.07) is 3.77. The van der Waals surface area contributed by atoms with Crippen LogP contribution in [-0.2, 0) is 0 Å². The summed E-state index contributed by atoms with van der Waals surface area (Å²) >= 11 is 10.8. The van der Waals surface area contributed by atoms with Crippen LogP contribution in [-0.4, -0.2) is 29.8 Å². The average molecular weight is 323 g/mol. The van der Waals surface area contributed by atoms with Crippen molar-refractivity contribution in [1.29, 1.82) is 0 Å². The van der Waals surface area contributed by atoms with Crippen molar-refractivity contribution in [2.24, 2.45) is 5.92 Å². The van der Waals surface area contributed by atoms with Crippen molar-refractivity contribution in [2.75, 3.05) is 13.6 Å². The summed E-state index contributed by atoms with van der Waals surface area (Å²) in [4.78, 5) is 14.6. The Morgan fingerprint density at radius 3 is 2.81 bits per heavy atom. The van der Waals surface area contributed by atoms with Gasteiger partial charge in [0.2, 0.25) is 0 Å². The van der Waals surface area contributed by atoms with E-state index < -0.39 is 0 Å². The molecule has 0 bridgehead atoms. The first kappa shape index (κ1) is 12.4. The van der Waals surface area contributed by atoms with Gasteiger partial charge in [0, 0.05) is 19.0 Å². The van der Waals surface area contributed by atoms with Gasteiger partial charge in [-0.3, -0.25) is 4.79 Å². The van der Waals surface area contributed by atoms with Crippen LogP contribution in [0, 0.1) is 5.92 Å². The van der Waals surface area contributed by atoms with E-state index in [2.05, 4.69) is 15.9 Å². The number of carbonyl (C=O) groups is 1. The van der Waals surface area contributed by atoms with Gasteiger partial charge in [0.15, 0.2) is 0 Å². The molecular formula is C11H13BrClNOS. The molecule has 0 unspecified atom stereocenters. The lowest BCUT2D eigenvalue weighted by molar-refractivity contribution is 0.0751. The van der Waals surface area contributed by atoms with Crippen molar-refractivity contribution in [3.8, 4) is 0 Å². The molecule has 2 rings (SSSR count). The maximum absolute atomic E-state index is 12.0. The van der Waals surface area contributed by atoms with E-state index in [1.807, 2.05) is 19.2 Å². The maximum atomic E-state index is 12.0. The highest BCUT2D eigenvalue weighted by Crippen LogP contribution is 2.32. The average Bonchev–Trinajstić information content (AvgIpc) is 2.61. The third-order valence-corrected chi connectivity index (χ3v) is 4.81. The third-order valence-electron chi connectivity index (χ3n) is 2.84. The van der Waals surface area contributed by atoms with Crippen LogP contribution in [0.4, 0.5) is 0 Å². The summed E-state index contributed by atoms with van der Waals surface area (Å²) < 4.78 is 0.994. The molecule has 16 heavy (non-hydrogen) atoms. The maximum Gasteiger partial charge on any atom is 0.263 e. The van der Waals surface area contributed by atoms with Crippen LogP contribution in [0.2, 0.25) is 0 Å². The number of hydrogen-bond donors (Lipinski definition) is 0. The first-order valence-corrected chi connectivity index (χ1v) is 7.25. The van der Waals surface area contributed by atoms with Crippen LogP contribution < -0.4 is 0 Å². The molecule has 1 aromatic heterocycles. The first-order chi connectivity index (χ1) is 7.56. The number of carbonyl (C=O) groups excluding carboxylic acids is 1. The van der Waals surface area contributed by atoms with Gasteiger partial charge < -0.3 is 4.90 Å². The number of rotatable bonds is 3. The normalized spacial score (nSPS) is 23.9. The molecular weight excluding hydrogens is 310 g/mol. The van der Waals surface area contributed by atoms with Crippen molar-refractivity contribution >= 4 is 44.8 Å². The fraction of sp³-hybridized carbons (Fsp3) is 0.545. The zero-order valence-electron chi connectivity index (χ0n) is 8.95. The number of thiophene rings is 1. The number of alkyl halides is 1. The molecule has 1 fully saturated rings. The Morgan fingerprint density at radius 2 is 2.31 bits per heavy atom. The second kappa shape index (κ2) is 5.07. The molecule has 0 aliphatic heterocycles. The second-order valence-electron chi connectivity index (χ2n) is 4.22. The number of hydrogen-bond acceptors (Lipinski definition) is 2. The fourth-order valence-corrected chi connectivity index (χ4v) is 3.78. The Hall–Kier alpha value is -0.0600. The molecule has 88 valence electrons. The SMILES string of the molecule is CN(CC1CC(Cl)C1)C(=O)c1ccc(Br)s1. The van der Waals surface area contributed by atoms with Crippen molar-refractivity contribution in [3.05, 3.63) is 20.8 Å². The van der Waals surface area contributed by atoms with Crippen molar-refractivity contribution in [1.82, 2.24) is 4.90 Å². The van der Waals surface area contributed by atoms with Gasteiger partial charge in [0.05, 0.1) is 8.66 Å². The summed E-state index contributed by atoms with van der Waals surface area (Å²) in [6.45, 7) is 0.817. The zero-order chi connectivity index (χ0) is 11.7. The Bertz CT molecular complexity index is 389. The van der Waals surface area contributed by atoms with E-state index in [1.54, 1.807) is 4.90 Å². The molecule has 5 heteroatoms. The highest BCUT2D eigenvalue weighted by Gasteiger charge is 2.29. The van der Waals surface area contributed by atoms with Gasteiger partial charge in [-0.2, -0.15) is 0 Å². The molecule has 1 aliphatic rings. The molecule has 2 nitrogen and oxygen atoms in total. The van der Waals surface area contributed by atoms with Gasteiger partial charge in [0.25, 0.3) is 5.91 Å².